The summed E-state index contributed by atoms with van der Waals surface area (Å²) in [4.78, 5) is 16.6. The van der Waals surface area contributed by atoms with Gasteiger partial charge in [0.25, 0.3) is 0 Å². The van der Waals surface area contributed by atoms with Gasteiger partial charge in [-0.25, -0.2) is 4.98 Å². The van der Waals surface area contributed by atoms with Gasteiger partial charge in [0.15, 0.2) is 0 Å². The van der Waals surface area contributed by atoms with Gasteiger partial charge in [0.05, 0.1) is 10.7 Å². The van der Waals surface area contributed by atoms with E-state index in [9.17, 15) is 4.79 Å². The van der Waals surface area contributed by atoms with Gasteiger partial charge >= 0.3 is 0 Å². The fourth-order valence-electron chi connectivity index (χ4n) is 2.31. The number of hydrogen-bond acceptors (Lipinski definition) is 3. The molecule has 2 heterocycles. The molecule has 0 saturated carbocycles. The van der Waals surface area contributed by atoms with Crippen LogP contribution < -0.4 is 5.32 Å². The van der Waals surface area contributed by atoms with Crippen molar-refractivity contribution in [2.75, 3.05) is 6.54 Å². The lowest BCUT2D eigenvalue weighted by molar-refractivity contribution is -0.121. The lowest BCUT2D eigenvalue weighted by Crippen LogP contribution is -2.31. The van der Waals surface area contributed by atoms with E-state index in [-0.39, 0.29) is 5.91 Å². The molecule has 1 amide bonds. The molecule has 21 heavy (non-hydrogen) atoms. The minimum atomic E-state index is 0.0616. The highest BCUT2D eigenvalue weighted by Crippen LogP contribution is 2.27. The topological polar surface area (TPSA) is 46.9 Å². The normalized spacial score (nSPS) is 11.1. The van der Waals surface area contributed by atoms with Crippen LogP contribution in [0.15, 0.2) is 11.4 Å². The summed E-state index contributed by atoms with van der Waals surface area (Å²) < 4.78 is 2.06. The smallest absolute Gasteiger partial charge is 0.239 e. The van der Waals surface area contributed by atoms with Gasteiger partial charge in [0.1, 0.15) is 6.54 Å². The van der Waals surface area contributed by atoms with Crippen molar-refractivity contribution in [1.82, 2.24) is 14.9 Å². The fraction of sp³-hybridized carbons (Fsp3) is 0.500. The number of hydrogen-bond donors (Lipinski definition) is 1. The number of amides is 1. The Hall–Kier alpha value is -1.62. The molecule has 4 nitrogen and oxygen atoms in total. The van der Waals surface area contributed by atoms with E-state index in [1.807, 2.05) is 20.8 Å². The second-order valence-corrected chi connectivity index (χ2v) is 6.88. The van der Waals surface area contributed by atoms with E-state index < -0.39 is 0 Å². The number of thiazole rings is 1. The van der Waals surface area contributed by atoms with E-state index in [0.29, 0.717) is 12.5 Å². The molecule has 1 N–H and O–H groups in total. The molecular weight excluding hydrogens is 282 g/mol. The molecule has 0 radical (unpaired) electrons. The number of aryl methyl sites for hydroxylation is 2. The maximum Gasteiger partial charge on any atom is 0.239 e. The molecule has 0 spiro atoms. The highest BCUT2D eigenvalue weighted by molar-refractivity contribution is 7.09. The summed E-state index contributed by atoms with van der Waals surface area (Å²) in [6.45, 7) is 11.4. The van der Waals surface area contributed by atoms with Gasteiger partial charge < -0.3 is 9.88 Å². The predicted octanol–water partition coefficient (Wildman–Crippen LogP) is 3.31. The molecule has 0 aromatic carbocycles. The Morgan fingerprint density at radius 2 is 2.10 bits per heavy atom. The van der Waals surface area contributed by atoms with Gasteiger partial charge in [-0.15, -0.1) is 11.3 Å². The average Bonchev–Trinajstić information content (AvgIpc) is 2.95. The van der Waals surface area contributed by atoms with Gasteiger partial charge in [-0.1, -0.05) is 13.8 Å². The van der Waals surface area contributed by atoms with Crippen LogP contribution in [0, 0.1) is 26.7 Å². The Kier molecular flexibility index (Phi) is 4.83. The van der Waals surface area contributed by atoms with Crippen LogP contribution in [-0.2, 0) is 11.3 Å². The lowest BCUT2D eigenvalue weighted by Gasteiger charge is -2.11. The quantitative estimate of drug-likeness (QED) is 0.921. The van der Waals surface area contributed by atoms with E-state index in [4.69, 9.17) is 0 Å². The Labute approximate surface area is 130 Å². The van der Waals surface area contributed by atoms with Crippen LogP contribution in [0.5, 0.6) is 0 Å². The Morgan fingerprint density at radius 1 is 1.38 bits per heavy atom. The van der Waals surface area contributed by atoms with Crippen LogP contribution >= 0.6 is 11.3 Å². The first-order chi connectivity index (χ1) is 9.88. The van der Waals surface area contributed by atoms with Crippen molar-refractivity contribution in [1.29, 1.82) is 0 Å². The van der Waals surface area contributed by atoms with Gasteiger partial charge in [-0.05, 0) is 32.8 Å². The molecule has 2 aromatic heterocycles. The highest BCUT2D eigenvalue weighted by atomic mass is 32.1. The van der Waals surface area contributed by atoms with Crippen molar-refractivity contribution in [2.45, 2.75) is 41.2 Å². The third kappa shape index (κ3) is 3.73. The van der Waals surface area contributed by atoms with E-state index in [2.05, 4.69) is 40.2 Å². The maximum atomic E-state index is 12.0. The van der Waals surface area contributed by atoms with Crippen molar-refractivity contribution in [3.8, 4) is 11.3 Å². The van der Waals surface area contributed by atoms with Crippen molar-refractivity contribution >= 4 is 17.2 Å². The summed E-state index contributed by atoms with van der Waals surface area (Å²) in [5, 5.41) is 6.09. The zero-order valence-corrected chi connectivity index (χ0v) is 14.2. The van der Waals surface area contributed by atoms with E-state index in [0.717, 1.165) is 34.2 Å². The van der Waals surface area contributed by atoms with Crippen LogP contribution in [0.2, 0.25) is 0 Å². The second-order valence-electron chi connectivity index (χ2n) is 5.82. The van der Waals surface area contributed by atoms with Crippen LogP contribution in [0.25, 0.3) is 11.3 Å². The molecule has 0 saturated heterocycles. The van der Waals surface area contributed by atoms with Gasteiger partial charge in [-0.3, -0.25) is 4.79 Å². The van der Waals surface area contributed by atoms with Crippen molar-refractivity contribution in [3.63, 3.8) is 0 Å². The van der Waals surface area contributed by atoms with Crippen molar-refractivity contribution in [2.24, 2.45) is 5.92 Å². The molecule has 0 unspecified atom stereocenters. The van der Waals surface area contributed by atoms with Crippen LogP contribution in [0.1, 0.15) is 30.2 Å². The number of carbonyl (C=O) groups excluding carboxylic acids is 1. The number of carbonyl (C=O) groups is 1. The third-order valence-electron chi connectivity index (χ3n) is 3.48. The predicted molar refractivity (Wildman–Crippen MR) is 87.6 cm³/mol. The Bertz CT molecular complexity index is 640. The van der Waals surface area contributed by atoms with E-state index >= 15 is 0 Å². The number of nitrogens with one attached hydrogen (secondary N) is 1. The van der Waals surface area contributed by atoms with Crippen LogP contribution in [0.4, 0.5) is 0 Å². The fourth-order valence-corrected chi connectivity index (χ4v) is 2.92. The summed E-state index contributed by atoms with van der Waals surface area (Å²) in [6.07, 6.45) is 0. The Balaban J connectivity index is 2.18. The monoisotopic (exact) mass is 305 g/mol. The zero-order chi connectivity index (χ0) is 15.6. The first-order valence-corrected chi connectivity index (χ1v) is 8.12. The summed E-state index contributed by atoms with van der Waals surface area (Å²) in [5.74, 6) is 0.529. The zero-order valence-electron chi connectivity index (χ0n) is 13.4. The van der Waals surface area contributed by atoms with Gasteiger partial charge in [0.2, 0.25) is 5.91 Å². The first kappa shape index (κ1) is 15.8. The summed E-state index contributed by atoms with van der Waals surface area (Å²) in [5.41, 5.74) is 4.30. The van der Waals surface area contributed by atoms with Gasteiger partial charge in [-0.2, -0.15) is 0 Å². The molecule has 2 rings (SSSR count). The van der Waals surface area contributed by atoms with Crippen LogP contribution in [0.3, 0.4) is 0 Å². The van der Waals surface area contributed by atoms with Crippen LogP contribution in [-0.4, -0.2) is 22.0 Å². The lowest BCUT2D eigenvalue weighted by atomic mass is 10.2. The molecule has 0 fully saturated rings. The Morgan fingerprint density at radius 3 is 2.67 bits per heavy atom. The van der Waals surface area contributed by atoms with Crippen molar-refractivity contribution < 1.29 is 4.79 Å². The number of nitrogens with zero attached hydrogens (tertiary/aromatic N) is 2. The summed E-state index contributed by atoms with van der Waals surface area (Å²) >= 11 is 1.65. The molecule has 5 heteroatoms. The maximum absolute atomic E-state index is 12.0. The summed E-state index contributed by atoms with van der Waals surface area (Å²) in [7, 11) is 0. The molecule has 114 valence electrons. The number of aromatic nitrogens is 2. The molecule has 0 aliphatic carbocycles. The molecule has 0 aliphatic heterocycles. The number of rotatable bonds is 5. The highest BCUT2D eigenvalue weighted by Gasteiger charge is 2.15. The standard InChI is InChI=1S/C16H23N3OS/c1-10(2)7-17-16(20)8-19-11(3)6-14(12(19)4)15-9-21-13(5)18-15/h6,9-10H,7-8H2,1-5H3,(H,17,20). The molecule has 0 atom stereocenters. The average molecular weight is 305 g/mol. The van der Waals surface area contributed by atoms with Crippen molar-refractivity contribution in [3.05, 3.63) is 27.8 Å². The van der Waals surface area contributed by atoms with Gasteiger partial charge in [0, 0.05) is 28.9 Å². The molecule has 0 bridgehead atoms. The minimum Gasteiger partial charge on any atom is -0.354 e. The molecule has 0 aliphatic rings. The summed E-state index contributed by atoms with van der Waals surface area (Å²) in [6, 6.07) is 2.11. The van der Waals surface area contributed by atoms with E-state index in [1.54, 1.807) is 11.3 Å². The largest absolute Gasteiger partial charge is 0.354 e. The molecule has 2 aromatic rings. The third-order valence-corrected chi connectivity index (χ3v) is 4.25. The van der Waals surface area contributed by atoms with E-state index in [1.165, 1.54) is 0 Å². The minimum absolute atomic E-state index is 0.0616. The first-order valence-electron chi connectivity index (χ1n) is 7.24. The SMILES string of the molecule is Cc1nc(-c2cc(C)n(CC(=O)NCC(C)C)c2C)cs1. The second kappa shape index (κ2) is 6.43. The molecular formula is C16H23N3OS.